The van der Waals surface area contributed by atoms with E-state index in [-0.39, 0.29) is 30.0 Å². The van der Waals surface area contributed by atoms with E-state index in [4.69, 9.17) is 5.73 Å². The van der Waals surface area contributed by atoms with E-state index in [1.165, 1.54) is 18.3 Å². The standard InChI is InChI=1S/C19H23FN4O3/c20-13-7-5-12(6-8-13)9-10-24-18(26)14(17(25)23-19(24)27)11-22-16-4-2-1-3-15(16)21/h5-8,11,15-16,26H,1-4,9-10,21H2,(H,23,25,27)/t15-,16+/m0/s1. The molecule has 2 atom stereocenters. The molecule has 0 spiro atoms. The first kappa shape index (κ1) is 19.0. The van der Waals surface area contributed by atoms with Gasteiger partial charge in [-0.2, -0.15) is 0 Å². The van der Waals surface area contributed by atoms with Gasteiger partial charge in [0.2, 0.25) is 5.88 Å². The van der Waals surface area contributed by atoms with Gasteiger partial charge in [0.1, 0.15) is 11.4 Å². The van der Waals surface area contributed by atoms with E-state index in [1.807, 2.05) is 0 Å². The second kappa shape index (κ2) is 8.30. The zero-order chi connectivity index (χ0) is 19.4. The highest BCUT2D eigenvalue weighted by Crippen LogP contribution is 2.20. The van der Waals surface area contributed by atoms with Crippen molar-refractivity contribution in [3.63, 3.8) is 0 Å². The molecule has 4 N–H and O–H groups in total. The SMILES string of the molecule is N[C@H]1CCCC[C@H]1N=Cc1c(O)n(CCc2ccc(F)cc2)c(=O)[nH]c1=O. The smallest absolute Gasteiger partial charge is 0.331 e. The summed E-state index contributed by atoms with van der Waals surface area (Å²) in [4.78, 5) is 30.7. The molecule has 7 nitrogen and oxygen atoms in total. The average molecular weight is 374 g/mol. The summed E-state index contributed by atoms with van der Waals surface area (Å²) in [6, 6.07) is 5.70. The molecule has 1 aromatic heterocycles. The van der Waals surface area contributed by atoms with Crippen LogP contribution in [0.1, 0.15) is 36.8 Å². The number of halogens is 1. The molecular formula is C19H23FN4O3. The molecule has 0 amide bonds. The van der Waals surface area contributed by atoms with Crippen molar-refractivity contribution in [2.24, 2.45) is 10.7 Å². The van der Waals surface area contributed by atoms with Crippen molar-refractivity contribution in [3.05, 3.63) is 62.0 Å². The van der Waals surface area contributed by atoms with Crippen LogP contribution in [0.4, 0.5) is 4.39 Å². The third kappa shape index (κ3) is 4.51. The van der Waals surface area contributed by atoms with Gasteiger partial charge in [-0.05, 0) is 37.0 Å². The van der Waals surface area contributed by atoms with Gasteiger partial charge in [0, 0.05) is 18.8 Å². The molecular weight excluding hydrogens is 351 g/mol. The molecule has 0 aliphatic heterocycles. The van der Waals surface area contributed by atoms with Gasteiger partial charge in [0.05, 0.1) is 6.04 Å². The van der Waals surface area contributed by atoms with Crippen LogP contribution in [0.2, 0.25) is 0 Å². The van der Waals surface area contributed by atoms with E-state index < -0.39 is 17.1 Å². The van der Waals surface area contributed by atoms with Crippen molar-refractivity contribution in [1.29, 1.82) is 0 Å². The topological polar surface area (TPSA) is 113 Å². The number of aryl methyl sites for hydroxylation is 1. The summed E-state index contributed by atoms with van der Waals surface area (Å²) in [7, 11) is 0. The molecule has 8 heteroatoms. The Labute approximate surface area is 155 Å². The summed E-state index contributed by atoms with van der Waals surface area (Å²) >= 11 is 0. The van der Waals surface area contributed by atoms with Crippen LogP contribution >= 0.6 is 0 Å². The van der Waals surface area contributed by atoms with Crippen LogP contribution in [0, 0.1) is 5.82 Å². The summed E-state index contributed by atoms with van der Waals surface area (Å²) in [5, 5.41) is 10.4. The third-order valence-electron chi connectivity index (χ3n) is 4.92. The second-order valence-corrected chi connectivity index (χ2v) is 6.82. The Bertz CT molecular complexity index is 933. The van der Waals surface area contributed by atoms with Crippen LogP contribution in [0.25, 0.3) is 0 Å². The fourth-order valence-electron chi connectivity index (χ4n) is 3.29. The van der Waals surface area contributed by atoms with E-state index in [0.29, 0.717) is 6.42 Å². The molecule has 0 saturated heterocycles. The van der Waals surface area contributed by atoms with Gasteiger partial charge in [-0.15, -0.1) is 0 Å². The van der Waals surface area contributed by atoms with Crippen LogP contribution < -0.4 is 17.0 Å². The Hall–Kier alpha value is -2.74. The number of aromatic nitrogens is 2. The lowest BCUT2D eigenvalue weighted by atomic mass is 9.91. The number of nitrogens with one attached hydrogen (secondary N) is 1. The molecule has 2 aromatic rings. The fourth-order valence-corrected chi connectivity index (χ4v) is 3.29. The van der Waals surface area contributed by atoms with Crippen molar-refractivity contribution in [2.75, 3.05) is 0 Å². The van der Waals surface area contributed by atoms with Gasteiger partial charge in [0.15, 0.2) is 0 Å². The van der Waals surface area contributed by atoms with Crippen LogP contribution in [0.5, 0.6) is 5.88 Å². The maximum atomic E-state index is 13.0. The van der Waals surface area contributed by atoms with Gasteiger partial charge in [0.25, 0.3) is 5.56 Å². The Morgan fingerprint density at radius 1 is 1.26 bits per heavy atom. The Morgan fingerprint density at radius 3 is 2.67 bits per heavy atom. The molecule has 0 bridgehead atoms. The molecule has 1 heterocycles. The molecule has 1 fully saturated rings. The number of rotatable bonds is 5. The van der Waals surface area contributed by atoms with Gasteiger partial charge < -0.3 is 10.8 Å². The minimum absolute atomic E-state index is 0.0634. The summed E-state index contributed by atoms with van der Waals surface area (Å²) in [6.45, 7) is 0.136. The van der Waals surface area contributed by atoms with Crippen molar-refractivity contribution in [2.45, 2.75) is 50.7 Å². The number of H-pyrrole nitrogens is 1. The molecule has 0 unspecified atom stereocenters. The molecule has 1 aliphatic rings. The Kier molecular flexibility index (Phi) is 5.85. The predicted octanol–water partition coefficient (Wildman–Crippen LogP) is 1.31. The van der Waals surface area contributed by atoms with E-state index in [9.17, 15) is 19.1 Å². The van der Waals surface area contributed by atoms with Crippen molar-refractivity contribution >= 4 is 6.21 Å². The number of nitrogens with zero attached hydrogens (tertiary/aromatic N) is 2. The third-order valence-corrected chi connectivity index (χ3v) is 4.92. The number of aromatic hydroxyl groups is 1. The molecule has 0 radical (unpaired) electrons. The summed E-state index contributed by atoms with van der Waals surface area (Å²) in [5.74, 6) is -0.777. The zero-order valence-electron chi connectivity index (χ0n) is 14.9. The summed E-state index contributed by atoms with van der Waals surface area (Å²) in [6.07, 6.45) is 5.49. The number of nitrogens with two attached hydrogens (primary N) is 1. The summed E-state index contributed by atoms with van der Waals surface area (Å²) in [5.41, 5.74) is 5.40. The average Bonchev–Trinajstić information content (AvgIpc) is 2.64. The molecule has 144 valence electrons. The van der Waals surface area contributed by atoms with Crippen molar-refractivity contribution < 1.29 is 9.50 Å². The monoisotopic (exact) mass is 374 g/mol. The van der Waals surface area contributed by atoms with Crippen LogP contribution in [0.3, 0.4) is 0 Å². The minimum atomic E-state index is -0.703. The fraction of sp³-hybridized carbons (Fsp3) is 0.421. The minimum Gasteiger partial charge on any atom is -0.494 e. The molecule has 3 rings (SSSR count). The van der Waals surface area contributed by atoms with Crippen molar-refractivity contribution in [1.82, 2.24) is 9.55 Å². The van der Waals surface area contributed by atoms with Gasteiger partial charge in [-0.25, -0.2) is 9.18 Å². The lowest BCUT2D eigenvalue weighted by molar-refractivity contribution is 0.386. The summed E-state index contributed by atoms with van der Waals surface area (Å²) < 4.78 is 14.1. The number of benzene rings is 1. The lowest BCUT2D eigenvalue weighted by Crippen LogP contribution is -2.37. The maximum absolute atomic E-state index is 13.0. The highest BCUT2D eigenvalue weighted by molar-refractivity contribution is 5.82. The van der Waals surface area contributed by atoms with E-state index in [0.717, 1.165) is 35.8 Å². The first-order valence-corrected chi connectivity index (χ1v) is 9.05. The first-order chi connectivity index (χ1) is 13.0. The molecule has 1 aliphatic carbocycles. The number of aliphatic imine (C=N–C) groups is 1. The molecule has 27 heavy (non-hydrogen) atoms. The highest BCUT2D eigenvalue weighted by atomic mass is 19.1. The first-order valence-electron chi connectivity index (χ1n) is 9.05. The van der Waals surface area contributed by atoms with Gasteiger partial charge in [-0.1, -0.05) is 25.0 Å². The highest BCUT2D eigenvalue weighted by Gasteiger charge is 2.21. The number of hydrogen-bond acceptors (Lipinski definition) is 5. The van der Waals surface area contributed by atoms with E-state index in [2.05, 4.69) is 9.98 Å². The van der Waals surface area contributed by atoms with Gasteiger partial charge in [-0.3, -0.25) is 19.3 Å². The number of aromatic amines is 1. The lowest BCUT2D eigenvalue weighted by Gasteiger charge is -2.24. The predicted molar refractivity (Wildman–Crippen MR) is 101 cm³/mol. The molecule has 1 aromatic carbocycles. The van der Waals surface area contributed by atoms with E-state index in [1.54, 1.807) is 12.1 Å². The Morgan fingerprint density at radius 2 is 1.96 bits per heavy atom. The van der Waals surface area contributed by atoms with Crippen LogP contribution in [-0.4, -0.2) is 33.0 Å². The Balaban J connectivity index is 1.83. The normalized spacial score (nSPS) is 20.2. The van der Waals surface area contributed by atoms with E-state index >= 15 is 0 Å². The van der Waals surface area contributed by atoms with Crippen LogP contribution in [-0.2, 0) is 13.0 Å². The number of hydrogen-bond donors (Lipinski definition) is 3. The van der Waals surface area contributed by atoms with Gasteiger partial charge >= 0.3 is 5.69 Å². The van der Waals surface area contributed by atoms with Crippen molar-refractivity contribution in [3.8, 4) is 5.88 Å². The molecule has 1 saturated carbocycles. The van der Waals surface area contributed by atoms with Crippen LogP contribution in [0.15, 0.2) is 38.8 Å². The zero-order valence-corrected chi connectivity index (χ0v) is 14.9. The maximum Gasteiger partial charge on any atom is 0.331 e. The largest absolute Gasteiger partial charge is 0.494 e. The quantitative estimate of drug-likeness (QED) is 0.685. The second-order valence-electron chi connectivity index (χ2n) is 6.82.